The number of piperidine rings is 1. The zero-order chi connectivity index (χ0) is 15.5. The number of fused-ring (bicyclic) bond motifs is 1. The normalized spacial score (nSPS) is 40.1. The molecule has 3 aliphatic rings. The topological polar surface area (TPSA) is 12.5 Å². The van der Waals surface area contributed by atoms with Gasteiger partial charge in [-0.25, -0.2) is 0 Å². The van der Waals surface area contributed by atoms with Crippen LogP contribution in [0.25, 0.3) is 0 Å². The summed E-state index contributed by atoms with van der Waals surface area (Å²) in [7, 11) is 3.81. The Kier molecular flexibility index (Phi) is 2.40. The molecular weight excluding hydrogens is 246 g/mol. The standard InChI is InChI=1S/C18H25NO/c1-19-10-9-18-8-4-3-5-15(18)17(19)11-13-6-7-14(20-2)12-16(13)18/h6-7,12,15,17H,3-5,8-11H2,1-2H3/t15?,17-,18-/m0/s1/i11D2. The summed E-state index contributed by atoms with van der Waals surface area (Å²) in [4.78, 5) is 2.28. The summed E-state index contributed by atoms with van der Waals surface area (Å²) >= 11 is 0. The van der Waals surface area contributed by atoms with Gasteiger partial charge in [0.15, 0.2) is 0 Å². The molecule has 1 heterocycles. The van der Waals surface area contributed by atoms with Gasteiger partial charge in [0.25, 0.3) is 0 Å². The van der Waals surface area contributed by atoms with E-state index >= 15 is 0 Å². The van der Waals surface area contributed by atoms with Crippen molar-refractivity contribution in [2.45, 2.75) is 49.9 Å². The number of methoxy groups -OCH3 is 1. The molecule has 1 saturated heterocycles. The van der Waals surface area contributed by atoms with Crippen LogP contribution in [0.15, 0.2) is 18.2 Å². The van der Waals surface area contributed by atoms with Crippen LogP contribution in [0.1, 0.15) is 46.0 Å². The number of ether oxygens (including phenoxy) is 1. The monoisotopic (exact) mass is 273 g/mol. The van der Waals surface area contributed by atoms with Crippen molar-refractivity contribution in [1.29, 1.82) is 0 Å². The average molecular weight is 273 g/mol. The van der Waals surface area contributed by atoms with Crippen molar-refractivity contribution in [3.8, 4) is 5.75 Å². The first-order valence-electron chi connectivity index (χ1n) is 8.90. The first kappa shape index (κ1) is 10.7. The van der Waals surface area contributed by atoms with Gasteiger partial charge in [0.1, 0.15) is 5.75 Å². The Hall–Kier alpha value is -1.02. The molecule has 2 bridgehead atoms. The molecule has 20 heavy (non-hydrogen) atoms. The highest BCUT2D eigenvalue weighted by Crippen LogP contribution is 2.55. The number of nitrogens with zero attached hydrogens (tertiary/aromatic N) is 1. The molecule has 108 valence electrons. The molecule has 0 amide bonds. The van der Waals surface area contributed by atoms with Crippen LogP contribution in [0, 0.1) is 5.92 Å². The lowest BCUT2D eigenvalue weighted by molar-refractivity contribution is 0.00274. The van der Waals surface area contributed by atoms with Crippen LogP contribution in [0.2, 0.25) is 0 Å². The van der Waals surface area contributed by atoms with E-state index in [2.05, 4.69) is 18.0 Å². The molecule has 1 aromatic rings. The second-order valence-corrected chi connectivity index (χ2v) is 6.74. The summed E-state index contributed by atoms with van der Waals surface area (Å²) in [5.41, 5.74) is 2.32. The van der Waals surface area contributed by atoms with Crippen molar-refractivity contribution in [1.82, 2.24) is 4.90 Å². The Morgan fingerprint density at radius 1 is 1.35 bits per heavy atom. The molecule has 1 aliphatic heterocycles. The van der Waals surface area contributed by atoms with Crippen LogP contribution in [0.5, 0.6) is 5.75 Å². The van der Waals surface area contributed by atoms with Crippen LogP contribution in [-0.2, 0) is 11.8 Å². The predicted octanol–water partition coefficient (Wildman–Crippen LogP) is 3.38. The lowest BCUT2D eigenvalue weighted by Gasteiger charge is -2.58. The second-order valence-electron chi connectivity index (χ2n) is 6.74. The van der Waals surface area contributed by atoms with E-state index in [-0.39, 0.29) is 11.5 Å². The molecule has 0 N–H and O–H groups in total. The fraction of sp³-hybridized carbons (Fsp3) is 0.667. The number of benzene rings is 1. The van der Waals surface area contributed by atoms with E-state index in [4.69, 9.17) is 7.48 Å². The smallest absolute Gasteiger partial charge is 0.119 e. The van der Waals surface area contributed by atoms with E-state index < -0.39 is 6.37 Å². The largest absolute Gasteiger partial charge is 0.497 e. The molecule has 3 atom stereocenters. The maximum Gasteiger partial charge on any atom is 0.119 e. The van der Waals surface area contributed by atoms with Crippen molar-refractivity contribution >= 4 is 0 Å². The molecule has 1 aromatic carbocycles. The quantitative estimate of drug-likeness (QED) is 0.778. The van der Waals surface area contributed by atoms with Crippen molar-refractivity contribution in [2.75, 3.05) is 20.7 Å². The number of likely N-dealkylation sites (tertiary alicyclic amines) is 1. The van der Waals surface area contributed by atoms with E-state index in [1.54, 1.807) is 7.11 Å². The maximum absolute atomic E-state index is 8.85. The Bertz CT molecular complexity index is 603. The average Bonchev–Trinajstić information content (AvgIpc) is 2.53. The van der Waals surface area contributed by atoms with Gasteiger partial charge in [0.2, 0.25) is 0 Å². The number of likely N-dealkylation sites (N-methyl/N-ethyl adjacent to an activating group) is 1. The molecule has 2 nitrogen and oxygen atoms in total. The Morgan fingerprint density at radius 3 is 3.10 bits per heavy atom. The van der Waals surface area contributed by atoms with Crippen LogP contribution in [0.3, 0.4) is 0 Å². The molecule has 1 saturated carbocycles. The lowest BCUT2D eigenvalue weighted by atomic mass is 9.52. The highest BCUT2D eigenvalue weighted by atomic mass is 16.5. The van der Waals surface area contributed by atoms with Crippen LogP contribution in [0.4, 0.5) is 0 Å². The van der Waals surface area contributed by atoms with Crippen LogP contribution in [-0.4, -0.2) is 31.6 Å². The third kappa shape index (κ3) is 1.60. The third-order valence-electron chi connectivity index (χ3n) is 5.93. The Morgan fingerprint density at radius 2 is 2.25 bits per heavy atom. The first-order valence-corrected chi connectivity index (χ1v) is 7.90. The van der Waals surface area contributed by atoms with Crippen molar-refractivity contribution in [3.05, 3.63) is 29.3 Å². The Labute approximate surface area is 124 Å². The highest BCUT2D eigenvalue weighted by molar-refractivity contribution is 5.45. The van der Waals surface area contributed by atoms with E-state index in [0.29, 0.717) is 5.92 Å². The van der Waals surface area contributed by atoms with Gasteiger partial charge >= 0.3 is 0 Å². The van der Waals surface area contributed by atoms with Crippen molar-refractivity contribution in [2.24, 2.45) is 5.92 Å². The summed E-state index contributed by atoms with van der Waals surface area (Å²) in [5.74, 6) is 1.31. The maximum atomic E-state index is 8.85. The van der Waals surface area contributed by atoms with Gasteiger partial charge in [-0.3, -0.25) is 0 Å². The summed E-state index contributed by atoms with van der Waals surface area (Å²) in [6, 6.07) is 6.05. The molecular formula is C18H25NO. The van der Waals surface area contributed by atoms with Gasteiger partial charge in [-0.15, -0.1) is 0 Å². The van der Waals surface area contributed by atoms with Crippen LogP contribution < -0.4 is 4.74 Å². The highest BCUT2D eigenvalue weighted by Gasteiger charge is 2.53. The van der Waals surface area contributed by atoms with E-state index in [1.807, 2.05) is 12.1 Å². The van der Waals surface area contributed by atoms with Gasteiger partial charge in [-0.1, -0.05) is 18.9 Å². The van der Waals surface area contributed by atoms with Crippen molar-refractivity contribution in [3.63, 3.8) is 0 Å². The second kappa shape index (κ2) is 4.49. The minimum atomic E-state index is -1.28. The molecule has 2 aliphatic carbocycles. The Balaban J connectivity index is 1.98. The molecule has 0 aromatic heterocycles. The minimum Gasteiger partial charge on any atom is -0.497 e. The summed E-state index contributed by atoms with van der Waals surface area (Å²) in [6.45, 7) is 0.997. The molecule has 1 unspecified atom stereocenters. The molecule has 2 fully saturated rings. The fourth-order valence-corrected chi connectivity index (χ4v) is 4.89. The van der Waals surface area contributed by atoms with Gasteiger partial charge in [0.05, 0.1) is 7.11 Å². The molecule has 4 rings (SSSR count). The summed E-state index contributed by atoms with van der Waals surface area (Å²) in [5, 5.41) is 0. The number of hydrogen-bond acceptors (Lipinski definition) is 2. The van der Waals surface area contributed by atoms with Crippen molar-refractivity contribution < 1.29 is 7.48 Å². The molecule has 0 spiro atoms. The van der Waals surface area contributed by atoms with E-state index in [0.717, 1.165) is 30.7 Å². The number of rotatable bonds is 1. The lowest BCUT2D eigenvalue weighted by Crippen LogP contribution is -2.59. The minimum absolute atomic E-state index is 0.0162. The predicted molar refractivity (Wildman–Crippen MR) is 81.4 cm³/mol. The zero-order valence-electron chi connectivity index (χ0n) is 14.5. The van der Waals surface area contributed by atoms with E-state index in [1.165, 1.54) is 24.8 Å². The van der Waals surface area contributed by atoms with Gasteiger partial charge in [-0.05, 0) is 68.4 Å². The zero-order valence-corrected chi connectivity index (χ0v) is 12.5. The third-order valence-corrected chi connectivity index (χ3v) is 5.93. The van der Waals surface area contributed by atoms with E-state index in [9.17, 15) is 0 Å². The van der Waals surface area contributed by atoms with Gasteiger partial charge in [0, 0.05) is 14.2 Å². The van der Waals surface area contributed by atoms with Crippen LogP contribution >= 0.6 is 0 Å². The SMILES string of the molecule is [2H]C1([2H])c2ccc(OC)cc2[C@]23CCCCC2[C@H]1N(C)CC3. The van der Waals surface area contributed by atoms with Gasteiger partial charge in [-0.2, -0.15) is 0 Å². The van der Waals surface area contributed by atoms with Gasteiger partial charge < -0.3 is 9.64 Å². The summed E-state index contributed by atoms with van der Waals surface area (Å²) in [6.07, 6.45) is 4.76. The summed E-state index contributed by atoms with van der Waals surface area (Å²) < 4.78 is 23.2. The first-order chi connectivity index (χ1) is 10.5. The molecule has 0 radical (unpaired) electrons. The fourth-order valence-electron chi connectivity index (χ4n) is 4.89. The number of hydrogen-bond donors (Lipinski definition) is 0. The molecule has 2 heteroatoms.